The number of hydrogen-bond acceptors (Lipinski definition) is 3. The molecule has 80 valence electrons. The van der Waals surface area contributed by atoms with Crippen LogP contribution in [-0.4, -0.2) is 23.6 Å². The van der Waals surface area contributed by atoms with Gasteiger partial charge in [-0.3, -0.25) is 4.79 Å². The van der Waals surface area contributed by atoms with E-state index in [0.717, 1.165) is 0 Å². The predicted octanol–water partition coefficient (Wildman–Crippen LogP) is 1.56. The average Bonchev–Trinajstić information content (AvgIpc) is 2.17. The van der Waals surface area contributed by atoms with Crippen molar-refractivity contribution in [1.29, 1.82) is 0 Å². The number of aromatic hydroxyl groups is 1. The third-order valence-electron chi connectivity index (χ3n) is 2.66. The highest BCUT2D eigenvalue weighted by molar-refractivity contribution is 6.07. The molecule has 0 spiro atoms. The van der Waals surface area contributed by atoms with E-state index >= 15 is 0 Å². The number of para-hydroxylation sites is 1. The van der Waals surface area contributed by atoms with Crippen molar-refractivity contribution in [3.63, 3.8) is 0 Å². The van der Waals surface area contributed by atoms with Crippen LogP contribution < -0.4 is 10.2 Å². The minimum atomic E-state index is -0.680. The summed E-state index contributed by atoms with van der Waals surface area (Å²) in [6, 6.07) is 5.12. The number of nitrogens with zero attached hydrogens (tertiary/aromatic N) is 1. The molecule has 0 unspecified atom stereocenters. The first-order chi connectivity index (χ1) is 6.93. The first-order valence-electron chi connectivity index (χ1n) is 4.82. The summed E-state index contributed by atoms with van der Waals surface area (Å²) in [4.78, 5) is 13.5. The highest BCUT2D eigenvalue weighted by atomic mass is 16.3. The quantitative estimate of drug-likeness (QED) is 0.633. The number of rotatable bonds is 0. The largest absolute Gasteiger partial charge is 0.506 e. The van der Waals surface area contributed by atoms with Gasteiger partial charge in [0.25, 0.3) is 5.91 Å². The summed E-state index contributed by atoms with van der Waals surface area (Å²) in [5, 5.41) is 12.7. The van der Waals surface area contributed by atoms with Gasteiger partial charge in [-0.15, -0.1) is 0 Å². The summed E-state index contributed by atoms with van der Waals surface area (Å²) in [5.41, 5.74) is 0.643. The van der Waals surface area contributed by atoms with Crippen LogP contribution in [0.25, 0.3) is 0 Å². The molecule has 0 aromatic heterocycles. The van der Waals surface area contributed by atoms with E-state index in [0.29, 0.717) is 11.4 Å². The molecule has 1 aliphatic rings. The lowest BCUT2D eigenvalue weighted by Crippen LogP contribution is -2.52. The summed E-state index contributed by atoms with van der Waals surface area (Å²) in [6.45, 7) is 3.59. The standard InChI is InChI=1S/C11H14N2O2/c1-11(2)10(15)13(3)7-5-4-6-8(14)9(7)12-11/h4-6,12,14H,1-3H3. The van der Waals surface area contributed by atoms with Gasteiger partial charge in [0, 0.05) is 7.05 Å². The van der Waals surface area contributed by atoms with Gasteiger partial charge in [-0.1, -0.05) is 6.07 Å². The zero-order chi connectivity index (χ0) is 11.2. The molecule has 0 saturated carbocycles. The first kappa shape index (κ1) is 9.83. The number of phenolic OH excluding ortho intramolecular Hbond substituents is 1. The van der Waals surface area contributed by atoms with Crippen LogP contribution in [0.2, 0.25) is 0 Å². The van der Waals surface area contributed by atoms with Crippen LogP contribution >= 0.6 is 0 Å². The van der Waals surface area contributed by atoms with Gasteiger partial charge in [-0.2, -0.15) is 0 Å². The molecule has 0 radical (unpaired) electrons. The lowest BCUT2D eigenvalue weighted by molar-refractivity contribution is -0.121. The number of carbonyl (C=O) groups is 1. The number of fused-ring (bicyclic) bond motifs is 1. The molecule has 1 aromatic rings. The molecule has 1 aliphatic heterocycles. The molecule has 4 nitrogen and oxygen atoms in total. The van der Waals surface area contributed by atoms with Gasteiger partial charge >= 0.3 is 0 Å². The van der Waals surface area contributed by atoms with Crippen LogP contribution in [0.4, 0.5) is 11.4 Å². The van der Waals surface area contributed by atoms with Crippen LogP contribution in [-0.2, 0) is 4.79 Å². The number of hydrogen-bond donors (Lipinski definition) is 2. The summed E-state index contributed by atoms with van der Waals surface area (Å²) in [5.74, 6) is 0.153. The number of anilines is 2. The Morgan fingerprint density at radius 1 is 1.40 bits per heavy atom. The van der Waals surface area contributed by atoms with Crippen molar-refractivity contribution in [2.75, 3.05) is 17.3 Å². The van der Waals surface area contributed by atoms with Crippen molar-refractivity contribution in [2.45, 2.75) is 19.4 Å². The average molecular weight is 206 g/mol. The molecule has 0 aliphatic carbocycles. The molecule has 4 heteroatoms. The monoisotopic (exact) mass is 206 g/mol. The fourth-order valence-electron chi connectivity index (χ4n) is 1.83. The van der Waals surface area contributed by atoms with Crippen LogP contribution in [0.1, 0.15) is 13.8 Å². The van der Waals surface area contributed by atoms with Crippen molar-refractivity contribution in [1.82, 2.24) is 0 Å². The van der Waals surface area contributed by atoms with Crippen LogP contribution in [0, 0.1) is 0 Å². The van der Waals surface area contributed by atoms with Crippen molar-refractivity contribution in [3.8, 4) is 5.75 Å². The Balaban J connectivity index is 2.60. The number of benzene rings is 1. The summed E-state index contributed by atoms with van der Waals surface area (Å²) >= 11 is 0. The second-order valence-corrected chi connectivity index (χ2v) is 4.29. The molecule has 1 aromatic carbocycles. The van der Waals surface area contributed by atoms with Crippen molar-refractivity contribution < 1.29 is 9.90 Å². The summed E-state index contributed by atoms with van der Waals surface area (Å²) in [6.07, 6.45) is 0. The van der Waals surface area contributed by atoms with Crippen molar-refractivity contribution in [2.24, 2.45) is 0 Å². The van der Waals surface area contributed by atoms with Gasteiger partial charge in [0.05, 0.1) is 5.69 Å². The van der Waals surface area contributed by atoms with Gasteiger partial charge in [-0.05, 0) is 26.0 Å². The van der Waals surface area contributed by atoms with E-state index in [1.807, 2.05) is 0 Å². The van der Waals surface area contributed by atoms with Crippen LogP contribution in [0.3, 0.4) is 0 Å². The van der Waals surface area contributed by atoms with Gasteiger partial charge in [0.15, 0.2) is 0 Å². The maximum Gasteiger partial charge on any atom is 0.251 e. The van der Waals surface area contributed by atoms with Gasteiger partial charge in [0.1, 0.15) is 17.0 Å². The third kappa shape index (κ3) is 1.33. The molecule has 2 N–H and O–H groups in total. The Hall–Kier alpha value is -1.71. The highest BCUT2D eigenvalue weighted by Gasteiger charge is 2.37. The van der Waals surface area contributed by atoms with E-state index in [1.165, 1.54) is 0 Å². The Kier molecular flexibility index (Phi) is 1.89. The van der Waals surface area contributed by atoms with E-state index in [9.17, 15) is 9.90 Å². The molecular weight excluding hydrogens is 192 g/mol. The Morgan fingerprint density at radius 2 is 2.07 bits per heavy atom. The molecule has 1 amide bonds. The molecule has 15 heavy (non-hydrogen) atoms. The number of carbonyl (C=O) groups excluding carboxylic acids is 1. The maximum absolute atomic E-state index is 11.9. The van der Waals surface area contributed by atoms with E-state index in [2.05, 4.69) is 5.32 Å². The van der Waals surface area contributed by atoms with Crippen LogP contribution in [0.5, 0.6) is 5.75 Å². The van der Waals surface area contributed by atoms with E-state index in [4.69, 9.17) is 0 Å². The van der Waals surface area contributed by atoms with Crippen LogP contribution in [0.15, 0.2) is 18.2 Å². The van der Waals surface area contributed by atoms with Crippen molar-refractivity contribution in [3.05, 3.63) is 18.2 Å². The fraction of sp³-hybridized carbons (Fsp3) is 0.364. The lowest BCUT2D eigenvalue weighted by atomic mass is 9.98. The Morgan fingerprint density at radius 3 is 2.73 bits per heavy atom. The molecule has 0 bridgehead atoms. The van der Waals surface area contributed by atoms with E-state index < -0.39 is 5.54 Å². The second kappa shape index (κ2) is 2.89. The summed E-state index contributed by atoms with van der Waals surface area (Å²) < 4.78 is 0. The topological polar surface area (TPSA) is 52.6 Å². The Bertz CT molecular complexity index is 427. The molecule has 1 heterocycles. The predicted molar refractivity (Wildman–Crippen MR) is 59.2 cm³/mol. The number of nitrogens with one attached hydrogen (secondary N) is 1. The minimum absolute atomic E-state index is 0.0133. The van der Waals surface area contributed by atoms with Gasteiger partial charge < -0.3 is 15.3 Å². The normalized spacial score (nSPS) is 18.3. The highest BCUT2D eigenvalue weighted by Crippen LogP contribution is 2.40. The SMILES string of the molecule is CN1C(=O)C(C)(C)Nc2c(O)cccc21. The zero-order valence-electron chi connectivity index (χ0n) is 9.03. The second-order valence-electron chi connectivity index (χ2n) is 4.29. The zero-order valence-corrected chi connectivity index (χ0v) is 9.03. The minimum Gasteiger partial charge on any atom is -0.506 e. The first-order valence-corrected chi connectivity index (χ1v) is 4.82. The lowest BCUT2D eigenvalue weighted by Gasteiger charge is -2.38. The smallest absolute Gasteiger partial charge is 0.251 e. The van der Waals surface area contributed by atoms with Gasteiger partial charge in [-0.25, -0.2) is 0 Å². The number of likely N-dealkylation sites (N-methyl/N-ethyl adjacent to an activating group) is 1. The van der Waals surface area contributed by atoms with Gasteiger partial charge in [0.2, 0.25) is 0 Å². The Labute approximate surface area is 88.5 Å². The van der Waals surface area contributed by atoms with E-state index in [-0.39, 0.29) is 11.7 Å². The molecule has 0 atom stereocenters. The fourth-order valence-corrected chi connectivity index (χ4v) is 1.83. The number of amides is 1. The van der Waals surface area contributed by atoms with Crippen molar-refractivity contribution >= 4 is 17.3 Å². The molecule has 0 saturated heterocycles. The molecule has 0 fully saturated rings. The molecular formula is C11H14N2O2. The molecule has 2 rings (SSSR count). The third-order valence-corrected chi connectivity index (χ3v) is 2.66. The van der Waals surface area contributed by atoms with E-state index in [1.54, 1.807) is 44.0 Å². The number of phenols is 1. The summed E-state index contributed by atoms with van der Waals surface area (Å²) in [7, 11) is 1.71. The maximum atomic E-state index is 11.9.